The fourth-order valence-electron chi connectivity index (χ4n) is 1.47. The lowest BCUT2D eigenvalue weighted by Gasteiger charge is -2.22. The zero-order valence-electron chi connectivity index (χ0n) is 10.2. The zero-order valence-corrected chi connectivity index (χ0v) is 10.2. The molecule has 0 heterocycles. The number of nitrogens with one attached hydrogen (secondary N) is 1. The molecule has 0 saturated carbocycles. The number of rotatable bonds is 6. The van der Waals surface area contributed by atoms with Crippen LogP contribution in [0.1, 0.15) is 0 Å². The summed E-state index contributed by atoms with van der Waals surface area (Å²) in [6, 6.07) is 5.77. The fourth-order valence-corrected chi connectivity index (χ4v) is 1.47. The molecule has 8 heteroatoms. The molecule has 0 spiro atoms. The number of anilines is 1. The van der Waals surface area contributed by atoms with Crippen LogP contribution in [0.5, 0.6) is 0 Å². The van der Waals surface area contributed by atoms with Crippen LogP contribution >= 0.6 is 0 Å². The Kier molecular flexibility index (Phi) is 6.44. The van der Waals surface area contributed by atoms with Gasteiger partial charge in [0.05, 0.1) is 18.9 Å². The van der Waals surface area contributed by atoms with Gasteiger partial charge in [-0.15, -0.1) is 5.11 Å². The number of hydrogen-bond donors (Lipinski definition) is 4. The van der Waals surface area contributed by atoms with Gasteiger partial charge in [0, 0.05) is 18.8 Å². The van der Waals surface area contributed by atoms with Crippen LogP contribution < -0.4 is 10.4 Å². The summed E-state index contributed by atoms with van der Waals surface area (Å²) < 4.78 is 0. The van der Waals surface area contributed by atoms with Crippen molar-refractivity contribution in [3.63, 3.8) is 0 Å². The van der Waals surface area contributed by atoms with Crippen molar-refractivity contribution in [3.8, 4) is 0 Å². The maximum Gasteiger partial charge on any atom is 0.383 e. The molecule has 0 aliphatic heterocycles. The van der Waals surface area contributed by atoms with Crippen LogP contribution in [-0.4, -0.2) is 47.8 Å². The van der Waals surface area contributed by atoms with Crippen LogP contribution in [0.15, 0.2) is 34.5 Å². The first kappa shape index (κ1) is 15.0. The van der Waals surface area contributed by atoms with Gasteiger partial charge in [-0.1, -0.05) is 5.11 Å². The second kappa shape index (κ2) is 8.14. The van der Waals surface area contributed by atoms with Crippen molar-refractivity contribution in [2.75, 3.05) is 31.2 Å². The molecule has 8 nitrogen and oxygen atoms in total. The van der Waals surface area contributed by atoms with Crippen molar-refractivity contribution < 1.29 is 20.2 Å². The van der Waals surface area contributed by atoms with Crippen molar-refractivity contribution in [2.45, 2.75) is 0 Å². The Morgan fingerprint density at radius 1 is 1.16 bits per heavy atom. The Labute approximate surface area is 110 Å². The van der Waals surface area contributed by atoms with Crippen LogP contribution in [0.25, 0.3) is 0 Å². The van der Waals surface area contributed by atoms with E-state index in [-0.39, 0.29) is 13.2 Å². The second-order valence-corrected chi connectivity index (χ2v) is 3.57. The van der Waals surface area contributed by atoms with Crippen molar-refractivity contribution in [2.24, 2.45) is 10.2 Å². The maximum atomic E-state index is 10.6. The first-order valence-electron chi connectivity index (χ1n) is 5.63. The van der Waals surface area contributed by atoms with E-state index in [0.717, 1.165) is 5.69 Å². The van der Waals surface area contributed by atoms with Gasteiger partial charge in [0.15, 0.2) is 0 Å². The topological polar surface area (TPSA) is 118 Å². The average Bonchev–Trinajstić information content (AvgIpc) is 2.45. The summed E-state index contributed by atoms with van der Waals surface area (Å²) in [5.74, 6) is 0. The molecule has 19 heavy (non-hydrogen) atoms. The number of azo groups is 1. The summed E-state index contributed by atoms with van der Waals surface area (Å²) >= 11 is 0. The number of amides is 2. The molecule has 0 bridgehead atoms. The van der Waals surface area contributed by atoms with E-state index in [0.29, 0.717) is 18.8 Å². The lowest BCUT2D eigenvalue weighted by molar-refractivity contribution is 0.168. The van der Waals surface area contributed by atoms with Gasteiger partial charge in [0.25, 0.3) is 0 Å². The van der Waals surface area contributed by atoms with E-state index in [9.17, 15) is 4.79 Å². The molecular weight excluding hydrogens is 252 g/mol. The van der Waals surface area contributed by atoms with Crippen LogP contribution in [-0.2, 0) is 0 Å². The monoisotopic (exact) mass is 268 g/mol. The van der Waals surface area contributed by atoms with E-state index in [2.05, 4.69) is 10.2 Å². The predicted molar refractivity (Wildman–Crippen MR) is 67.7 cm³/mol. The summed E-state index contributed by atoms with van der Waals surface area (Å²) in [6.07, 6.45) is 0. The molecule has 0 atom stereocenters. The maximum absolute atomic E-state index is 10.6. The highest BCUT2D eigenvalue weighted by Gasteiger charge is 2.05. The molecule has 0 aliphatic carbocycles. The van der Waals surface area contributed by atoms with Crippen LogP contribution in [0, 0.1) is 0 Å². The van der Waals surface area contributed by atoms with Crippen molar-refractivity contribution in [1.29, 1.82) is 0 Å². The molecular formula is C11H16N4O4. The Morgan fingerprint density at radius 3 is 2.21 bits per heavy atom. The quantitative estimate of drug-likeness (QED) is 0.343. The van der Waals surface area contributed by atoms with Crippen molar-refractivity contribution in [1.82, 2.24) is 5.48 Å². The summed E-state index contributed by atoms with van der Waals surface area (Å²) in [7, 11) is 0. The van der Waals surface area contributed by atoms with E-state index in [1.165, 1.54) is 5.48 Å². The molecule has 0 saturated heterocycles. The van der Waals surface area contributed by atoms with E-state index in [4.69, 9.17) is 15.4 Å². The summed E-state index contributed by atoms with van der Waals surface area (Å²) in [5.41, 5.74) is 2.59. The van der Waals surface area contributed by atoms with Gasteiger partial charge in [0.1, 0.15) is 0 Å². The molecule has 4 N–H and O–H groups in total. The average molecular weight is 268 g/mol. The molecule has 1 aromatic rings. The highest BCUT2D eigenvalue weighted by atomic mass is 16.5. The van der Waals surface area contributed by atoms with Gasteiger partial charge in [-0.05, 0) is 24.3 Å². The Balaban J connectivity index is 2.73. The fraction of sp³-hybridized carbons (Fsp3) is 0.364. The first-order chi connectivity index (χ1) is 9.21. The molecule has 0 aromatic heterocycles. The van der Waals surface area contributed by atoms with Crippen LogP contribution in [0.3, 0.4) is 0 Å². The molecule has 0 radical (unpaired) electrons. The number of carbonyl (C=O) groups is 1. The minimum atomic E-state index is -0.953. The SMILES string of the molecule is O=C(/N=N/c1ccc(N(CCO)CCO)cc1)NO. The summed E-state index contributed by atoms with van der Waals surface area (Å²) in [6.45, 7) is 0.791. The molecule has 0 unspecified atom stereocenters. The van der Waals surface area contributed by atoms with Crippen molar-refractivity contribution >= 4 is 17.4 Å². The number of benzene rings is 1. The number of carbonyl (C=O) groups excluding carboxylic acids is 1. The molecule has 104 valence electrons. The van der Waals surface area contributed by atoms with Crippen LogP contribution in [0.4, 0.5) is 16.2 Å². The van der Waals surface area contributed by atoms with E-state index < -0.39 is 6.03 Å². The van der Waals surface area contributed by atoms with Gasteiger partial charge < -0.3 is 15.1 Å². The molecule has 0 fully saturated rings. The second-order valence-electron chi connectivity index (χ2n) is 3.57. The minimum absolute atomic E-state index is 0.0157. The zero-order chi connectivity index (χ0) is 14.1. The molecule has 1 rings (SSSR count). The number of urea groups is 1. The normalized spacial score (nSPS) is 10.7. The summed E-state index contributed by atoms with van der Waals surface area (Å²) in [5, 5.41) is 32.9. The highest BCUT2D eigenvalue weighted by molar-refractivity contribution is 5.73. The van der Waals surface area contributed by atoms with Crippen molar-refractivity contribution in [3.05, 3.63) is 24.3 Å². The number of hydrogen-bond acceptors (Lipinski definition) is 6. The Morgan fingerprint density at radius 2 is 1.74 bits per heavy atom. The Bertz CT molecular complexity index is 415. The molecule has 2 amide bonds. The standard InChI is InChI=1S/C11H16N4O4/c16-7-5-15(6-8-17)10-3-1-9(2-4-10)12-13-11(18)14-19/h1-4,16-17,19H,5-8H2,(H,14,18)/b13-12+. The van der Waals surface area contributed by atoms with E-state index in [1.54, 1.807) is 29.2 Å². The predicted octanol–water partition coefficient (Wildman–Crippen LogP) is 0.660. The number of aliphatic hydroxyl groups is 2. The van der Waals surface area contributed by atoms with Gasteiger partial charge >= 0.3 is 6.03 Å². The third-order valence-corrected chi connectivity index (χ3v) is 2.31. The van der Waals surface area contributed by atoms with Gasteiger partial charge in [-0.25, -0.2) is 10.3 Å². The smallest absolute Gasteiger partial charge is 0.383 e. The minimum Gasteiger partial charge on any atom is -0.395 e. The number of hydroxylamine groups is 1. The number of nitrogens with zero attached hydrogens (tertiary/aromatic N) is 3. The van der Waals surface area contributed by atoms with Crippen LogP contribution in [0.2, 0.25) is 0 Å². The Hall–Kier alpha value is -2.03. The molecule has 0 aliphatic rings. The highest BCUT2D eigenvalue weighted by Crippen LogP contribution is 2.19. The molecule has 1 aromatic carbocycles. The largest absolute Gasteiger partial charge is 0.395 e. The van der Waals surface area contributed by atoms with E-state index >= 15 is 0 Å². The van der Waals surface area contributed by atoms with E-state index in [1.807, 2.05) is 0 Å². The van der Waals surface area contributed by atoms with Gasteiger partial charge in [0.2, 0.25) is 0 Å². The first-order valence-corrected chi connectivity index (χ1v) is 5.63. The number of aliphatic hydroxyl groups excluding tert-OH is 2. The third kappa shape index (κ3) is 5.00. The lowest BCUT2D eigenvalue weighted by atomic mass is 10.2. The summed E-state index contributed by atoms with van der Waals surface area (Å²) in [4.78, 5) is 12.5. The third-order valence-electron chi connectivity index (χ3n) is 2.31. The lowest BCUT2D eigenvalue weighted by Crippen LogP contribution is -2.29. The van der Waals surface area contributed by atoms with Gasteiger partial charge in [-0.3, -0.25) is 5.21 Å². The van der Waals surface area contributed by atoms with Gasteiger partial charge in [-0.2, -0.15) is 0 Å².